The highest BCUT2D eigenvalue weighted by atomic mass is 19.4. The summed E-state index contributed by atoms with van der Waals surface area (Å²) in [7, 11) is 0. The summed E-state index contributed by atoms with van der Waals surface area (Å²) in [4.78, 5) is 11.8. The topological polar surface area (TPSA) is 86.5 Å². The second-order valence-corrected chi connectivity index (χ2v) is 5.15. The average molecular weight is 379 g/mol. The van der Waals surface area contributed by atoms with Gasteiger partial charge in [-0.05, 0) is 36.4 Å². The lowest BCUT2D eigenvalue weighted by Gasteiger charge is -2.09. The van der Waals surface area contributed by atoms with Crippen LogP contribution in [0.5, 0.6) is 11.8 Å². The number of alkyl halides is 3. The van der Waals surface area contributed by atoms with Crippen molar-refractivity contribution in [1.29, 1.82) is 0 Å². The van der Waals surface area contributed by atoms with Crippen LogP contribution in [-0.4, -0.2) is 29.1 Å². The summed E-state index contributed by atoms with van der Waals surface area (Å²) < 4.78 is 50.4. The number of aromatic nitrogens is 2. The van der Waals surface area contributed by atoms with Crippen LogP contribution in [0, 0.1) is 0 Å². The quantitative estimate of drug-likeness (QED) is 0.704. The first-order valence-electron chi connectivity index (χ1n) is 7.56. The first-order valence-corrected chi connectivity index (χ1v) is 7.56. The molecular formula is C17H12F3N3O4. The summed E-state index contributed by atoms with van der Waals surface area (Å²) in [5.41, 5.74) is 0.971. The van der Waals surface area contributed by atoms with Crippen molar-refractivity contribution in [1.82, 2.24) is 10.2 Å². The van der Waals surface area contributed by atoms with Crippen LogP contribution in [0.2, 0.25) is 0 Å². The van der Waals surface area contributed by atoms with Gasteiger partial charge in [-0.25, -0.2) is 0 Å². The number of benzene rings is 2. The molecule has 1 heterocycles. The Morgan fingerprint density at radius 1 is 1.04 bits per heavy atom. The van der Waals surface area contributed by atoms with Gasteiger partial charge in [0.1, 0.15) is 5.75 Å². The largest absolute Gasteiger partial charge is 0.573 e. The molecule has 0 saturated heterocycles. The molecule has 0 aliphatic heterocycles. The Hall–Kier alpha value is -3.56. The van der Waals surface area contributed by atoms with Crippen LogP contribution in [0.1, 0.15) is 0 Å². The lowest BCUT2D eigenvalue weighted by atomic mass is 10.2. The van der Waals surface area contributed by atoms with Crippen LogP contribution in [-0.2, 0) is 4.79 Å². The Bertz CT molecular complexity index is 896. The van der Waals surface area contributed by atoms with E-state index < -0.39 is 24.6 Å². The maximum absolute atomic E-state index is 12.1. The maximum Gasteiger partial charge on any atom is 0.573 e. The number of hydrogen-bond acceptors (Lipinski definition) is 6. The fourth-order valence-corrected chi connectivity index (χ4v) is 2.03. The van der Waals surface area contributed by atoms with E-state index >= 15 is 0 Å². The number of carbonyl (C=O) groups excluding carboxylic acids is 1. The van der Waals surface area contributed by atoms with E-state index in [4.69, 9.17) is 9.15 Å². The van der Waals surface area contributed by atoms with Gasteiger partial charge in [-0.2, -0.15) is 0 Å². The third-order valence-electron chi connectivity index (χ3n) is 3.13. The van der Waals surface area contributed by atoms with E-state index in [1.807, 2.05) is 6.07 Å². The number of amides is 1. The number of rotatable bonds is 6. The average Bonchev–Trinajstić information content (AvgIpc) is 3.10. The highest BCUT2D eigenvalue weighted by Crippen LogP contribution is 2.24. The molecule has 0 bridgehead atoms. The third kappa shape index (κ3) is 5.46. The van der Waals surface area contributed by atoms with Gasteiger partial charge in [0.05, 0.1) is 0 Å². The summed E-state index contributed by atoms with van der Waals surface area (Å²) in [6.07, 6.45) is -4.96. The molecule has 1 aromatic heterocycles. The van der Waals surface area contributed by atoms with E-state index in [1.165, 1.54) is 12.1 Å². The maximum atomic E-state index is 12.1. The van der Waals surface area contributed by atoms with Gasteiger partial charge >= 0.3 is 12.4 Å². The van der Waals surface area contributed by atoms with Crippen molar-refractivity contribution < 1.29 is 31.9 Å². The molecule has 0 aliphatic rings. The van der Waals surface area contributed by atoms with Gasteiger partial charge in [0.15, 0.2) is 6.61 Å². The predicted molar refractivity (Wildman–Crippen MR) is 87.0 cm³/mol. The Kier molecular flexibility index (Phi) is 5.25. The van der Waals surface area contributed by atoms with Gasteiger partial charge < -0.3 is 19.2 Å². The molecule has 1 N–H and O–H groups in total. The van der Waals surface area contributed by atoms with Crippen LogP contribution >= 0.6 is 0 Å². The molecular weight excluding hydrogens is 367 g/mol. The van der Waals surface area contributed by atoms with E-state index in [1.54, 1.807) is 24.3 Å². The molecule has 27 heavy (non-hydrogen) atoms. The molecule has 1 amide bonds. The lowest BCUT2D eigenvalue weighted by Crippen LogP contribution is -2.20. The Morgan fingerprint density at radius 2 is 1.74 bits per heavy atom. The smallest absolute Gasteiger partial charge is 0.439 e. The van der Waals surface area contributed by atoms with Gasteiger partial charge in [-0.1, -0.05) is 23.3 Å². The van der Waals surface area contributed by atoms with E-state index in [9.17, 15) is 18.0 Å². The van der Waals surface area contributed by atoms with Crippen molar-refractivity contribution in [3.8, 4) is 23.3 Å². The molecule has 0 radical (unpaired) electrons. The molecule has 0 unspecified atom stereocenters. The number of carbonyl (C=O) groups is 1. The normalized spacial score (nSPS) is 11.1. The summed E-state index contributed by atoms with van der Waals surface area (Å²) in [5, 5.41) is 9.93. The molecule has 0 saturated carbocycles. The molecule has 140 valence electrons. The second kappa shape index (κ2) is 7.77. The van der Waals surface area contributed by atoms with Gasteiger partial charge in [0, 0.05) is 11.3 Å². The van der Waals surface area contributed by atoms with Crippen molar-refractivity contribution in [3.05, 3.63) is 54.6 Å². The zero-order chi connectivity index (χ0) is 19.3. The lowest BCUT2D eigenvalue weighted by molar-refractivity contribution is -0.274. The number of nitrogens with zero attached hydrogens (tertiary/aromatic N) is 2. The summed E-state index contributed by atoms with van der Waals surface area (Å²) in [6.45, 7) is -0.419. The monoisotopic (exact) mass is 379 g/mol. The molecule has 0 spiro atoms. The number of halogens is 3. The highest BCUT2D eigenvalue weighted by Gasteiger charge is 2.30. The zero-order valence-electron chi connectivity index (χ0n) is 13.6. The fraction of sp³-hybridized carbons (Fsp3) is 0.118. The number of nitrogens with one attached hydrogen (secondary N) is 1. The number of ether oxygens (including phenoxy) is 2. The zero-order valence-corrected chi connectivity index (χ0v) is 13.6. The van der Waals surface area contributed by atoms with Crippen molar-refractivity contribution in [2.75, 3.05) is 11.9 Å². The first kappa shape index (κ1) is 18.2. The Labute approximate surface area is 150 Å². The Morgan fingerprint density at radius 3 is 2.41 bits per heavy atom. The van der Waals surface area contributed by atoms with Gasteiger partial charge in [-0.3, -0.25) is 4.79 Å². The van der Waals surface area contributed by atoms with Crippen LogP contribution in [0.4, 0.5) is 18.9 Å². The van der Waals surface area contributed by atoms with Gasteiger partial charge in [-0.15, -0.1) is 18.3 Å². The second-order valence-electron chi connectivity index (χ2n) is 5.15. The summed E-state index contributed by atoms with van der Waals surface area (Å²) >= 11 is 0. The summed E-state index contributed by atoms with van der Waals surface area (Å²) in [5.74, 6) is -0.707. The SMILES string of the molecule is O=C(COc1nnc(-c2ccccc2)o1)Nc1ccc(OC(F)(F)F)cc1. The molecule has 3 aromatic rings. The third-order valence-corrected chi connectivity index (χ3v) is 3.13. The van der Waals surface area contributed by atoms with E-state index in [0.717, 1.165) is 12.1 Å². The summed E-state index contributed by atoms with van der Waals surface area (Å²) in [6, 6.07) is 13.7. The van der Waals surface area contributed by atoms with Crippen LogP contribution in [0.15, 0.2) is 59.0 Å². The fourth-order valence-electron chi connectivity index (χ4n) is 2.03. The van der Waals surface area contributed by atoms with E-state index in [-0.39, 0.29) is 17.7 Å². The van der Waals surface area contributed by atoms with Crippen molar-refractivity contribution in [2.45, 2.75) is 6.36 Å². The van der Waals surface area contributed by atoms with Gasteiger partial charge in [0.25, 0.3) is 11.8 Å². The van der Waals surface area contributed by atoms with Gasteiger partial charge in [0.2, 0.25) is 0 Å². The minimum absolute atomic E-state index is 0.182. The molecule has 0 fully saturated rings. The van der Waals surface area contributed by atoms with E-state index in [2.05, 4.69) is 20.3 Å². The van der Waals surface area contributed by atoms with Crippen molar-refractivity contribution >= 4 is 11.6 Å². The number of hydrogen-bond donors (Lipinski definition) is 1. The van der Waals surface area contributed by atoms with Crippen LogP contribution in [0.3, 0.4) is 0 Å². The van der Waals surface area contributed by atoms with E-state index in [0.29, 0.717) is 5.56 Å². The first-order chi connectivity index (χ1) is 12.9. The Balaban J connectivity index is 1.51. The minimum atomic E-state index is -4.78. The minimum Gasteiger partial charge on any atom is -0.439 e. The highest BCUT2D eigenvalue weighted by molar-refractivity contribution is 5.91. The van der Waals surface area contributed by atoms with Crippen LogP contribution < -0.4 is 14.8 Å². The predicted octanol–water partition coefficient (Wildman–Crippen LogP) is 3.65. The van der Waals surface area contributed by atoms with Crippen molar-refractivity contribution in [3.63, 3.8) is 0 Å². The van der Waals surface area contributed by atoms with Crippen molar-refractivity contribution in [2.24, 2.45) is 0 Å². The molecule has 10 heteroatoms. The molecule has 3 rings (SSSR count). The van der Waals surface area contributed by atoms with Crippen LogP contribution in [0.25, 0.3) is 11.5 Å². The molecule has 0 atom stereocenters. The standard InChI is InChI=1S/C17H12F3N3O4/c18-17(19,20)27-13-8-6-12(7-9-13)21-14(24)10-25-16-23-22-15(26-16)11-4-2-1-3-5-11/h1-9H,10H2,(H,21,24). The molecule has 0 aliphatic carbocycles. The number of anilines is 1. The molecule has 2 aromatic carbocycles. The molecule has 7 nitrogen and oxygen atoms in total.